The largest absolute Gasteiger partial charge is 0.483 e. The molecule has 1 aromatic heterocycles. The number of amides is 2. The first kappa shape index (κ1) is 23.0. The fourth-order valence-corrected chi connectivity index (χ4v) is 5.27. The molecule has 3 aliphatic heterocycles. The van der Waals surface area contributed by atoms with Crippen LogP contribution in [0.25, 0.3) is 0 Å². The molecule has 9 heteroatoms. The number of nitrogens with one attached hydrogen (secondary N) is 1. The minimum Gasteiger partial charge on any atom is -0.483 e. The summed E-state index contributed by atoms with van der Waals surface area (Å²) in [5, 5.41) is 9.90. The molecule has 0 unspecified atom stereocenters. The SMILES string of the molecule is CCOCC(=O)NC[C@H]1[C@H]2C[C@H](CN(c3ccncc3)C2)[C@@H]2CCCC(=O)N21.O=CO. The molecule has 3 aliphatic rings. The summed E-state index contributed by atoms with van der Waals surface area (Å²) in [6, 6.07) is 4.47. The fraction of sp³-hybridized carbons (Fsp3) is 0.636. The molecule has 4 rings (SSSR count). The Kier molecular flexibility index (Phi) is 8.22. The summed E-state index contributed by atoms with van der Waals surface area (Å²) in [5.41, 5.74) is 1.19. The van der Waals surface area contributed by atoms with Crippen LogP contribution in [0.5, 0.6) is 0 Å². The number of carbonyl (C=O) groups excluding carboxylic acids is 2. The molecule has 170 valence electrons. The predicted octanol–water partition coefficient (Wildman–Crippen LogP) is 1.14. The molecule has 2 amide bonds. The van der Waals surface area contributed by atoms with Crippen LogP contribution in [0, 0.1) is 11.8 Å². The Bertz CT molecular complexity index is 747. The lowest BCUT2D eigenvalue weighted by atomic mass is 9.72. The van der Waals surface area contributed by atoms with Crippen LogP contribution >= 0.6 is 0 Å². The standard InChI is InChI=1S/C21H30N4O3.CH2O2/c1-2-28-14-20(26)23-11-19-16-10-15(18-4-3-5-21(27)25(18)19)12-24(13-16)17-6-8-22-9-7-17;2-1-3/h6-9,15-16,18-19H,2-5,10-14H2,1H3,(H,23,26);1H,(H,2,3)/t15-,16+,18+,19+;/m1./s1. The monoisotopic (exact) mass is 432 g/mol. The summed E-state index contributed by atoms with van der Waals surface area (Å²) in [6.45, 7) is 4.63. The van der Waals surface area contributed by atoms with E-state index >= 15 is 0 Å². The van der Waals surface area contributed by atoms with Gasteiger partial charge in [-0.2, -0.15) is 0 Å². The van der Waals surface area contributed by atoms with E-state index in [0.717, 1.165) is 32.4 Å². The van der Waals surface area contributed by atoms with Crippen molar-refractivity contribution in [1.29, 1.82) is 0 Å². The molecule has 0 radical (unpaired) electrons. The highest BCUT2D eigenvalue weighted by molar-refractivity contribution is 5.79. The number of carboxylic acid groups (broad SMARTS) is 1. The van der Waals surface area contributed by atoms with E-state index < -0.39 is 0 Å². The average Bonchev–Trinajstić information content (AvgIpc) is 2.79. The molecular formula is C22H32N4O5. The van der Waals surface area contributed by atoms with Crippen molar-refractivity contribution in [1.82, 2.24) is 15.2 Å². The topological polar surface area (TPSA) is 112 Å². The molecule has 0 aliphatic carbocycles. The summed E-state index contributed by atoms with van der Waals surface area (Å²) in [7, 11) is 0. The zero-order valence-corrected chi connectivity index (χ0v) is 18.0. The third-order valence-corrected chi connectivity index (χ3v) is 6.47. The van der Waals surface area contributed by atoms with Gasteiger partial charge in [-0.1, -0.05) is 0 Å². The lowest BCUT2D eigenvalue weighted by Gasteiger charge is -2.57. The van der Waals surface area contributed by atoms with Crippen molar-refractivity contribution < 1.29 is 24.2 Å². The van der Waals surface area contributed by atoms with Crippen LogP contribution in [0.4, 0.5) is 5.69 Å². The second kappa shape index (κ2) is 11.1. The number of hydrogen-bond donors (Lipinski definition) is 2. The highest BCUT2D eigenvalue weighted by Crippen LogP contribution is 2.42. The minimum absolute atomic E-state index is 0.0595. The van der Waals surface area contributed by atoms with E-state index in [9.17, 15) is 9.59 Å². The zero-order valence-electron chi connectivity index (χ0n) is 18.0. The molecular weight excluding hydrogens is 400 g/mol. The molecule has 1 aromatic rings. The molecule has 3 fully saturated rings. The Morgan fingerprint density at radius 2 is 2.03 bits per heavy atom. The Hall–Kier alpha value is -2.68. The van der Waals surface area contributed by atoms with Crippen LogP contribution in [0.1, 0.15) is 32.6 Å². The van der Waals surface area contributed by atoms with Gasteiger partial charge >= 0.3 is 0 Å². The molecule has 3 saturated heterocycles. The van der Waals surface area contributed by atoms with Crippen molar-refractivity contribution in [2.24, 2.45) is 11.8 Å². The molecule has 2 bridgehead atoms. The number of hydrogen-bond acceptors (Lipinski definition) is 6. The molecule has 0 aromatic carbocycles. The number of fused-ring (bicyclic) bond motifs is 4. The quantitative estimate of drug-likeness (QED) is 0.648. The number of nitrogens with zero attached hydrogens (tertiary/aromatic N) is 3. The number of carbonyl (C=O) groups is 3. The number of rotatable bonds is 6. The first-order chi connectivity index (χ1) is 15.1. The maximum atomic E-state index is 12.8. The van der Waals surface area contributed by atoms with Crippen LogP contribution < -0.4 is 10.2 Å². The Balaban J connectivity index is 0.000000858. The van der Waals surface area contributed by atoms with Gasteiger partial charge in [0.15, 0.2) is 0 Å². The van der Waals surface area contributed by atoms with Crippen LogP contribution in [0.3, 0.4) is 0 Å². The minimum atomic E-state index is -0.250. The van der Waals surface area contributed by atoms with Gasteiger partial charge in [-0.05, 0) is 50.2 Å². The molecule has 4 atom stereocenters. The van der Waals surface area contributed by atoms with Gasteiger partial charge in [0.1, 0.15) is 6.61 Å². The van der Waals surface area contributed by atoms with Gasteiger partial charge in [0, 0.05) is 56.8 Å². The highest BCUT2D eigenvalue weighted by Gasteiger charge is 2.49. The van der Waals surface area contributed by atoms with Gasteiger partial charge in [-0.3, -0.25) is 19.4 Å². The van der Waals surface area contributed by atoms with Gasteiger partial charge in [0.25, 0.3) is 6.47 Å². The van der Waals surface area contributed by atoms with Crippen LogP contribution in [-0.2, 0) is 19.1 Å². The fourth-order valence-electron chi connectivity index (χ4n) is 5.27. The van der Waals surface area contributed by atoms with Crippen molar-refractivity contribution in [3.05, 3.63) is 24.5 Å². The molecule has 31 heavy (non-hydrogen) atoms. The maximum Gasteiger partial charge on any atom is 0.290 e. The van der Waals surface area contributed by atoms with E-state index in [4.69, 9.17) is 14.6 Å². The molecule has 2 N–H and O–H groups in total. The van der Waals surface area contributed by atoms with Crippen molar-refractivity contribution in [3.63, 3.8) is 0 Å². The second-order valence-corrected chi connectivity index (χ2v) is 8.24. The van der Waals surface area contributed by atoms with E-state index in [1.54, 1.807) is 0 Å². The van der Waals surface area contributed by atoms with Gasteiger partial charge in [0.2, 0.25) is 11.8 Å². The Labute approximate surface area is 182 Å². The van der Waals surface area contributed by atoms with Crippen molar-refractivity contribution in [3.8, 4) is 0 Å². The Morgan fingerprint density at radius 1 is 1.32 bits per heavy atom. The first-order valence-electron chi connectivity index (χ1n) is 11.0. The van der Waals surface area contributed by atoms with Crippen LogP contribution in [-0.4, -0.2) is 78.2 Å². The normalized spacial score (nSPS) is 26.9. The average molecular weight is 433 g/mol. The number of pyridine rings is 1. The Morgan fingerprint density at radius 3 is 2.74 bits per heavy atom. The van der Waals surface area contributed by atoms with E-state index in [-0.39, 0.29) is 37.0 Å². The lowest BCUT2D eigenvalue weighted by Crippen LogP contribution is -2.67. The highest BCUT2D eigenvalue weighted by atomic mass is 16.5. The smallest absolute Gasteiger partial charge is 0.290 e. The van der Waals surface area contributed by atoms with E-state index in [1.807, 2.05) is 19.3 Å². The third kappa shape index (κ3) is 5.52. The third-order valence-electron chi connectivity index (χ3n) is 6.47. The van der Waals surface area contributed by atoms with Crippen molar-refractivity contribution >= 4 is 24.0 Å². The predicted molar refractivity (Wildman–Crippen MR) is 115 cm³/mol. The summed E-state index contributed by atoms with van der Waals surface area (Å²) in [6.07, 6.45) is 7.47. The summed E-state index contributed by atoms with van der Waals surface area (Å²) in [4.78, 5) is 42.0. The summed E-state index contributed by atoms with van der Waals surface area (Å²) in [5.74, 6) is 1.00. The number of aromatic nitrogens is 1. The zero-order chi connectivity index (χ0) is 22.2. The number of ether oxygens (including phenoxy) is 1. The molecule has 4 heterocycles. The van der Waals surface area contributed by atoms with Crippen molar-refractivity contribution in [2.75, 3.05) is 37.7 Å². The maximum absolute atomic E-state index is 12.8. The lowest BCUT2D eigenvalue weighted by molar-refractivity contribution is -0.149. The van der Waals surface area contributed by atoms with Gasteiger partial charge in [-0.15, -0.1) is 0 Å². The van der Waals surface area contributed by atoms with E-state index in [1.165, 1.54) is 5.69 Å². The number of piperidine rings is 3. The van der Waals surface area contributed by atoms with Crippen molar-refractivity contribution in [2.45, 2.75) is 44.7 Å². The summed E-state index contributed by atoms with van der Waals surface area (Å²) >= 11 is 0. The van der Waals surface area contributed by atoms with E-state index in [0.29, 0.717) is 31.4 Å². The van der Waals surface area contributed by atoms with Gasteiger partial charge < -0.3 is 25.0 Å². The molecule has 0 spiro atoms. The summed E-state index contributed by atoms with van der Waals surface area (Å²) < 4.78 is 5.21. The van der Waals surface area contributed by atoms with Gasteiger partial charge in [-0.25, -0.2) is 0 Å². The van der Waals surface area contributed by atoms with Gasteiger partial charge in [0.05, 0.1) is 6.04 Å². The molecule has 9 nitrogen and oxygen atoms in total. The van der Waals surface area contributed by atoms with E-state index in [2.05, 4.69) is 32.2 Å². The first-order valence-corrected chi connectivity index (χ1v) is 11.0. The van der Waals surface area contributed by atoms with Crippen LogP contribution in [0.2, 0.25) is 0 Å². The number of anilines is 1. The molecule has 0 saturated carbocycles. The van der Waals surface area contributed by atoms with Crippen LogP contribution in [0.15, 0.2) is 24.5 Å². The second-order valence-electron chi connectivity index (χ2n) is 8.24.